The van der Waals surface area contributed by atoms with Crippen LogP contribution >= 0.6 is 0 Å². The molecule has 0 heterocycles. The molecule has 1 aliphatic rings. The Morgan fingerprint density at radius 1 is 1.11 bits per heavy atom. The zero-order valence-electron chi connectivity index (χ0n) is 11.4. The van der Waals surface area contributed by atoms with Crippen LogP contribution in [0.4, 0.5) is 0 Å². The maximum absolute atomic E-state index is 5.56. The first-order chi connectivity index (χ1) is 8.80. The molecule has 1 saturated carbocycles. The van der Waals surface area contributed by atoms with Crippen molar-refractivity contribution in [2.45, 2.75) is 38.0 Å². The summed E-state index contributed by atoms with van der Waals surface area (Å²) in [6, 6.07) is 4.18. The fourth-order valence-electron chi connectivity index (χ4n) is 2.85. The molecule has 0 N–H and O–H groups in total. The van der Waals surface area contributed by atoms with Crippen LogP contribution in [0.5, 0.6) is 11.5 Å². The summed E-state index contributed by atoms with van der Waals surface area (Å²) in [5, 5.41) is 0. The van der Waals surface area contributed by atoms with Crippen molar-refractivity contribution in [1.82, 2.24) is 0 Å². The van der Waals surface area contributed by atoms with Gasteiger partial charge < -0.3 is 9.47 Å². The topological polar surface area (TPSA) is 18.5 Å². The van der Waals surface area contributed by atoms with Crippen molar-refractivity contribution < 1.29 is 9.47 Å². The summed E-state index contributed by atoms with van der Waals surface area (Å²) in [4.78, 5) is 0. The zero-order chi connectivity index (χ0) is 13.0. The van der Waals surface area contributed by atoms with E-state index in [1.165, 1.54) is 37.7 Å². The van der Waals surface area contributed by atoms with E-state index in [1.54, 1.807) is 14.2 Å². The Kier molecular flexibility index (Phi) is 4.29. The molecule has 0 aliphatic heterocycles. The lowest BCUT2D eigenvalue weighted by atomic mass is 9.83. The van der Waals surface area contributed by atoms with Crippen LogP contribution in [-0.2, 0) is 0 Å². The van der Waals surface area contributed by atoms with Gasteiger partial charge in [0.15, 0.2) is 11.5 Å². The molecule has 18 heavy (non-hydrogen) atoms. The van der Waals surface area contributed by atoms with E-state index in [4.69, 9.17) is 9.47 Å². The maximum atomic E-state index is 5.56. The maximum Gasteiger partial charge on any atom is 0.164 e. The van der Waals surface area contributed by atoms with Crippen molar-refractivity contribution in [2.75, 3.05) is 14.2 Å². The minimum absolute atomic E-state index is 0.600. The normalized spacial score (nSPS) is 16.3. The fourth-order valence-corrected chi connectivity index (χ4v) is 2.85. The van der Waals surface area contributed by atoms with E-state index in [0.29, 0.717) is 5.92 Å². The van der Waals surface area contributed by atoms with E-state index in [0.717, 1.165) is 17.1 Å². The fraction of sp³-hybridized carbons (Fsp3) is 0.500. The Bertz CT molecular complexity index is 417. The Labute approximate surface area is 110 Å². The molecule has 2 rings (SSSR count). The van der Waals surface area contributed by atoms with Crippen molar-refractivity contribution in [3.8, 4) is 11.5 Å². The summed E-state index contributed by atoms with van der Waals surface area (Å²) >= 11 is 0. The van der Waals surface area contributed by atoms with Crippen LogP contribution in [0, 0.1) is 0 Å². The molecule has 1 fully saturated rings. The van der Waals surface area contributed by atoms with Crippen LogP contribution in [0.15, 0.2) is 18.7 Å². The van der Waals surface area contributed by atoms with Gasteiger partial charge in [0.2, 0.25) is 0 Å². The highest BCUT2D eigenvalue weighted by Gasteiger charge is 2.22. The smallest absolute Gasteiger partial charge is 0.164 e. The van der Waals surface area contributed by atoms with Crippen LogP contribution in [0.3, 0.4) is 0 Å². The quantitative estimate of drug-likeness (QED) is 0.784. The first kappa shape index (κ1) is 13.0. The molecule has 0 bridgehead atoms. The van der Waals surface area contributed by atoms with Crippen molar-refractivity contribution in [3.05, 3.63) is 29.8 Å². The standard InChI is InChI=1S/C16H22O2/c1-4-12-10-14(13-8-6-5-7-9-13)16(18-3)15(11-12)17-2/h4,10-11,13H,1,5-9H2,2-3H3. The average molecular weight is 246 g/mol. The molecule has 1 aromatic rings. The highest BCUT2D eigenvalue weighted by Crippen LogP contribution is 2.42. The van der Waals surface area contributed by atoms with Crippen LogP contribution in [0.1, 0.15) is 49.1 Å². The van der Waals surface area contributed by atoms with E-state index in [9.17, 15) is 0 Å². The SMILES string of the molecule is C=Cc1cc(OC)c(OC)c(C2CCCCC2)c1. The molecular weight excluding hydrogens is 224 g/mol. The largest absolute Gasteiger partial charge is 0.493 e. The Balaban J connectivity index is 2.44. The molecule has 0 atom stereocenters. The van der Waals surface area contributed by atoms with E-state index in [2.05, 4.69) is 12.6 Å². The Morgan fingerprint density at radius 3 is 2.39 bits per heavy atom. The zero-order valence-corrected chi connectivity index (χ0v) is 11.4. The van der Waals surface area contributed by atoms with E-state index < -0.39 is 0 Å². The predicted molar refractivity (Wildman–Crippen MR) is 75.5 cm³/mol. The van der Waals surface area contributed by atoms with Gasteiger partial charge >= 0.3 is 0 Å². The van der Waals surface area contributed by atoms with Gasteiger partial charge in [-0.1, -0.05) is 31.9 Å². The molecule has 0 unspecified atom stereocenters. The summed E-state index contributed by atoms with van der Waals surface area (Å²) in [5.74, 6) is 2.31. The summed E-state index contributed by atoms with van der Waals surface area (Å²) in [6.07, 6.45) is 8.36. The highest BCUT2D eigenvalue weighted by atomic mass is 16.5. The molecule has 2 heteroatoms. The van der Waals surface area contributed by atoms with Gasteiger partial charge in [0.25, 0.3) is 0 Å². The molecule has 98 valence electrons. The van der Waals surface area contributed by atoms with E-state index >= 15 is 0 Å². The minimum Gasteiger partial charge on any atom is -0.493 e. The van der Waals surface area contributed by atoms with Crippen molar-refractivity contribution in [1.29, 1.82) is 0 Å². The van der Waals surface area contributed by atoms with Crippen molar-refractivity contribution >= 4 is 6.08 Å². The van der Waals surface area contributed by atoms with Gasteiger partial charge in [0, 0.05) is 5.56 Å². The minimum atomic E-state index is 0.600. The molecule has 0 saturated heterocycles. The molecule has 0 radical (unpaired) electrons. The summed E-state index contributed by atoms with van der Waals surface area (Å²) < 4.78 is 11.0. The molecule has 0 aromatic heterocycles. The third-order valence-corrected chi connectivity index (χ3v) is 3.81. The van der Waals surface area contributed by atoms with Crippen LogP contribution in [0.25, 0.3) is 6.08 Å². The number of ether oxygens (including phenoxy) is 2. The Morgan fingerprint density at radius 2 is 1.83 bits per heavy atom. The molecular formula is C16H22O2. The Hall–Kier alpha value is -1.44. The number of hydrogen-bond acceptors (Lipinski definition) is 2. The second kappa shape index (κ2) is 5.94. The molecule has 1 aromatic carbocycles. The number of rotatable bonds is 4. The summed E-state index contributed by atoms with van der Waals surface area (Å²) in [7, 11) is 3.41. The van der Waals surface area contributed by atoms with Crippen LogP contribution in [0.2, 0.25) is 0 Å². The third-order valence-electron chi connectivity index (χ3n) is 3.81. The number of benzene rings is 1. The van der Waals surface area contributed by atoms with Crippen molar-refractivity contribution in [3.63, 3.8) is 0 Å². The second-order valence-electron chi connectivity index (χ2n) is 4.88. The molecule has 2 nitrogen and oxygen atoms in total. The number of methoxy groups -OCH3 is 2. The predicted octanol–water partition coefficient (Wildman–Crippen LogP) is 4.39. The van der Waals surface area contributed by atoms with Crippen LogP contribution in [-0.4, -0.2) is 14.2 Å². The van der Waals surface area contributed by atoms with Gasteiger partial charge in [-0.25, -0.2) is 0 Å². The van der Waals surface area contributed by atoms with Crippen molar-refractivity contribution in [2.24, 2.45) is 0 Å². The third kappa shape index (κ3) is 2.53. The monoisotopic (exact) mass is 246 g/mol. The van der Waals surface area contributed by atoms with Gasteiger partial charge in [-0.3, -0.25) is 0 Å². The van der Waals surface area contributed by atoms with Gasteiger partial charge in [0.1, 0.15) is 0 Å². The lowest BCUT2D eigenvalue weighted by Crippen LogP contribution is -2.07. The molecule has 1 aliphatic carbocycles. The van der Waals surface area contributed by atoms with E-state index in [-0.39, 0.29) is 0 Å². The lowest BCUT2D eigenvalue weighted by molar-refractivity contribution is 0.343. The molecule has 0 spiro atoms. The number of hydrogen-bond donors (Lipinski definition) is 0. The van der Waals surface area contributed by atoms with Gasteiger partial charge in [-0.05, 0) is 36.5 Å². The highest BCUT2D eigenvalue weighted by molar-refractivity contribution is 5.59. The van der Waals surface area contributed by atoms with Gasteiger partial charge in [-0.15, -0.1) is 0 Å². The first-order valence-electron chi connectivity index (χ1n) is 6.68. The molecule has 0 amide bonds. The summed E-state index contributed by atoms with van der Waals surface area (Å²) in [5.41, 5.74) is 2.39. The van der Waals surface area contributed by atoms with E-state index in [1.807, 2.05) is 12.1 Å². The average Bonchev–Trinajstić information content (AvgIpc) is 2.46. The van der Waals surface area contributed by atoms with Gasteiger partial charge in [0.05, 0.1) is 14.2 Å². The van der Waals surface area contributed by atoms with Gasteiger partial charge in [-0.2, -0.15) is 0 Å². The first-order valence-corrected chi connectivity index (χ1v) is 6.68. The summed E-state index contributed by atoms with van der Waals surface area (Å²) in [6.45, 7) is 3.85. The van der Waals surface area contributed by atoms with Crippen LogP contribution < -0.4 is 9.47 Å². The lowest BCUT2D eigenvalue weighted by Gasteiger charge is -2.25. The second-order valence-corrected chi connectivity index (χ2v) is 4.88.